The van der Waals surface area contributed by atoms with Crippen molar-refractivity contribution in [3.63, 3.8) is 0 Å². The van der Waals surface area contributed by atoms with Gasteiger partial charge in [-0.1, -0.05) is 5.57 Å². The zero-order valence-electron chi connectivity index (χ0n) is 11.7. The Labute approximate surface area is 156 Å². The first-order valence-corrected chi connectivity index (χ1v) is 11.6. The molecule has 6 saturated heterocycles. The normalized spacial score (nSPS) is 51.4. The van der Waals surface area contributed by atoms with Gasteiger partial charge in [-0.15, -0.1) is 34.8 Å². The maximum atomic E-state index is 12.4. The molecule has 0 radical (unpaired) electrons. The van der Waals surface area contributed by atoms with Crippen molar-refractivity contribution in [2.75, 3.05) is 17.6 Å². The summed E-state index contributed by atoms with van der Waals surface area (Å²) in [7, 11) is -8.01. The molecular weight excluding hydrogens is 452 g/mol. The standard InChI is InChI=1S/C10H10Cl4O8P2/c11-3-1-6(2-4-12)7-8(5-13)17-23(15,18-8)21-10(14)9(7)19-24(16,20-9)22-10/h1-5H2. The van der Waals surface area contributed by atoms with Crippen molar-refractivity contribution < 1.29 is 36.3 Å². The Hall–Kier alpha value is 1.12. The van der Waals surface area contributed by atoms with Gasteiger partial charge in [-0.25, -0.2) is 36.3 Å². The maximum Gasteiger partial charge on any atom is 0.484 e. The lowest BCUT2D eigenvalue weighted by Crippen LogP contribution is -2.58. The minimum absolute atomic E-state index is 0.134. The number of phosphoric acid groups is 2. The molecule has 6 heterocycles. The highest BCUT2D eigenvalue weighted by molar-refractivity contribution is 7.51. The third-order valence-electron chi connectivity index (χ3n) is 3.88. The number of allylic oxidation sites excluding steroid dienone is 1. The van der Waals surface area contributed by atoms with E-state index in [1.807, 2.05) is 0 Å². The minimum atomic E-state index is -4.09. The van der Waals surface area contributed by atoms with Crippen molar-refractivity contribution in [3.05, 3.63) is 11.1 Å². The van der Waals surface area contributed by atoms with Crippen molar-refractivity contribution in [2.24, 2.45) is 0 Å². The van der Waals surface area contributed by atoms with Crippen LogP contribution >= 0.6 is 62.0 Å². The van der Waals surface area contributed by atoms with Crippen molar-refractivity contribution >= 4 is 62.0 Å². The van der Waals surface area contributed by atoms with E-state index in [0.29, 0.717) is 18.4 Å². The number of hydrogen-bond acceptors (Lipinski definition) is 8. The molecule has 6 rings (SSSR count). The summed E-state index contributed by atoms with van der Waals surface area (Å²) >= 11 is 24.0. The van der Waals surface area contributed by atoms with E-state index in [0.717, 1.165) is 0 Å². The van der Waals surface area contributed by atoms with Gasteiger partial charge < -0.3 is 0 Å². The zero-order chi connectivity index (χ0) is 17.4. The van der Waals surface area contributed by atoms with Crippen molar-refractivity contribution in [2.45, 2.75) is 29.7 Å². The van der Waals surface area contributed by atoms with Crippen LogP contribution in [0.1, 0.15) is 12.8 Å². The summed E-state index contributed by atoms with van der Waals surface area (Å²) in [4.78, 5) is 0. The van der Waals surface area contributed by atoms with Crippen molar-refractivity contribution in [1.29, 1.82) is 0 Å². The van der Waals surface area contributed by atoms with Gasteiger partial charge in [0.05, 0.1) is 11.5 Å². The van der Waals surface area contributed by atoms with Gasteiger partial charge in [0, 0.05) is 11.8 Å². The van der Waals surface area contributed by atoms with Crippen LogP contribution in [0.15, 0.2) is 11.1 Å². The Morgan fingerprint density at radius 1 is 0.875 bits per heavy atom. The monoisotopic (exact) mass is 460 g/mol. The van der Waals surface area contributed by atoms with Crippen molar-refractivity contribution in [3.8, 4) is 0 Å². The summed E-state index contributed by atoms with van der Waals surface area (Å²) in [6.07, 6.45) is 0.649. The molecule has 0 aromatic carbocycles. The second-order valence-electron chi connectivity index (χ2n) is 5.34. The quantitative estimate of drug-likeness (QED) is 0.337. The van der Waals surface area contributed by atoms with Gasteiger partial charge in [-0.2, -0.15) is 0 Å². The van der Waals surface area contributed by atoms with Gasteiger partial charge >= 0.3 is 20.9 Å². The SMILES string of the molecule is O=P12OC(CCl)(O1)C(=C(CCCl)CCCl)C13OP(=O)(OC1(Cl)O2)O3. The third kappa shape index (κ3) is 2.24. The van der Waals surface area contributed by atoms with Gasteiger partial charge in [-0.05, 0) is 24.4 Å². The summed E-state index contributed by atoms with van der Waals surface area (Å²) in [5.74, 6) is -3.52. The summed E-state index contributed by atoms with van der Waals surface area (Å²) in [5, 5.41) is -2.30. The van der Waals surface area contributed by atoms with Gasteiger partial charge in [0.2, 0.25) is 5.79 Å². The molecule has 1 unspecified atom stereocenters. The maximum absolute atomic E-state index is 12.4. The molecule has 0 amide bonds. The second-order valence-corrected chi connectivity index (χ2v) is 9.74. The highest BCUT2D eigenvalue weighted by atomic mass is 35.5. The number of hydrogen-bond donors (Lipinski definition) is 0. The molecule has 6 fully saturated rings. The van der Waals surface area contributed by atoms with Gasteiger partial charge in [0.15, 0.2) is 0 Å². The molecule has 0 N–H and O–H groups in total. The summed E-state index contributed by atoms with van der Waals surface area (Å²) < 4.78 is 56.1. The average Bonchev–Trinajstić information content (AvgIpc) is 2.71. The highest BCUT2D eigenvalue weighted by Gasteiger charge is 2.90. The lowest BCUT2D eigenvalue weighted by atomic mass is 9.89. The van der Waals surface area contributed by atoms with E-state index in [1.165, 1.54) is 0 Å². The smallest absolute Gasteiger partial charge is 0.247 e. The van der Waals surface area contributed by atoms with Gasteiger partial charge in [0.25, 0.3) is 5.79 Å². The largest absolute Gasteiger partial charge is 0.484 e. The molecule has 6 aliphatic heterocycles. The topological polar surface area (TPSA) is 89.5 Å². The molecule has 24 heavy (non-hydrogen) atoms. The molecule has 1 spiro atoms. The molecule has 136 valence electrons. The molecule has 4 bridgehead atoms. The van der Waals surface area contributed by atoms with Gasteiger partial charge in [-0.3, -0.25) is 0 Å². The van der Waals surface area contributed by atoms with Crippen LogP contribution in [-0.4, -0.2) is 34.5 Å². The van der Waals surface area contributed by atoms with E-state index < -0.39 is 32.5 Å². The van der Waals surface area contributed by atoms with E-state index >= 15 is 0 Å². The molecule has 0 saturated carbocycles. The zero-order valence-corrected chi connectivity index (χ0v) is 16.5. The van der Waals surface area contributed by atoms with Crippen LogP contribution in [0.2, 0.25) is 0 Å². The molecule has 8 nitrogen and oxygen atoms in total. The molecule has 1 atom stereocenters. The average molecular weight is 462 g/mol. The molecule has 0 aromatic rings. The molecule has 14 heteroatoms. The van der Waals surface area contributed by atoms with Crippen LogP contribution < -0.4 is 0 Å². The Balaban J connectivity index is 1.95. The fourth-order valence-electron chi connectivity index (χ4n) is 3.10. The van der Waals surface area contributed by atoms with Crippen LogP contribution in [0, 0.1) is 0 Å². The van der Waals surface area contributed by atoms with Gasteiger partial charge in [0.1, 0.15) is 0 Å². The Morgan fingerprint density at radius 2 is 1.38 bits per heavy atom. The first kappa shape index (κ1) is 18.5. The van der Waals surface area contributed by atoms with Crippen LogP contribution in [0.5, 0.6) is 0 Å². The van der Waals surface area contributed by atoms with E-state index in [-0.39, 0.29) is 23.2 Å². The summed E-state index contributed by atoms with van der Waals surface area (Å²) in [6, 6.07) is 0. The lowest BCUT2D eigenvalue weighted by Gasteiger charge is -2.47. The van der Waals surface area contributed by atoms with Crippen molar-refractivity contribution in [1.82, 2.24) is 0 Å². The van der Waals surface area contributed by atoms with Crippen LogP contribution in [0.3, 0.4) is 0 Å². The predicted octanol–water partition coefficient (Wildman–Crippen LogP) is 4.44. The summed E-state index contributed by atoms with van der Waals surface area (Å²) in [6.45, 7) is 0. The minimum Gasteiger partial charge on any atom is -0.247 e. The molecule has 0 aliphatic carbocycles. The van der Waals surface area contributed by atoms with E-state index in [1.54, 1.807) is 0 Å². The Morgan fingerprint density at radius 3 is 1.83 bits per heavy atom. The first-order chi connectivity index (χ1) is 11.2. The van der Waals surface area contributed by atoms with Crippen LogP contribution in [0.25, 0.3) is 0 Å². The predicted molar refractivity (Wildman–Crippen MR) is 84.2 cm³/mol. The highest BCUT2D eigenvalue weighted by Crippen LogP contribution is 2.88. The van der Waals surface area contributed by atoms with E-state index in [4.69, 9.17) is 73.5 Å². The fourth-order valence-corrected chi connectivity index (χ4v) is 7.95. The van der Waals surface area contributed by atoms with E-state index in [2.05, 4.69) is 0 Å². The first-order valence-electron chi connectivity index (χ1n) is 6.74. The summed E-state index contributed by atoms with van der Waals surface area (Å²) in [5.41, 5.74) is 0.716. The molecule has 0 aromatic heterocycles. The Kier molecular flexibility index (Phi) is 4.29. The molecule has 6 aliphatic rings. The number of rotatable bonds is 5. The Bertz CT molecular complexity index is 700. The molecular formula is C10H10Cl4O8P2. The number of alkyl halides is 4. The third-order valence-corrected chi connectivity index (χ3v) is 8.19. The fraction of sp³-hybridized carbons (Fsp3) is 0.800. The number of phosphoric ester groups is 2. The number of halogens is 4. The van der Waals surface area contributed by atoms with E-state index in [9.17, 15) is 9.13 Å². The lowest BCUT2D eigenvalue weighted by molar-refractivity contribution is -0.215. The second kappa shape index (κ2) is 5.57. The van der Waals surface area contributed by atoms with Crippen LogP contribution in [0.4, 0.5) is 0 Å². The van der Waals surface area contributed by atoms with Crippen LogP contribution in [-0.2, 0) is 36.3 Å².